The molecule has 0 aliphatic rings. The van der Waals surface area contributed by atoms with Crippen LogP contribution >= 0.6 is 0 Å². The number of aryl methyl sites for hydroxylation is 1. The van der Waals surface area contributed by atoms with Crippen molar-refractivity contribution in [1.82, 2.24) is 19.5 Å². The standard InChI is InChI=1S/C16H17N5O/c1-9(2)14-13-10(4-5-21(3)15(13)22)6-12(20-14)11-7-18-16(17)19-8-11/h4-9H,1-3H3,(H2,17,18,19). The number of hydrogen-bond acceptors (Lipinski definition) is 5. The van der Waals surface area contributed by atoms with Gasteiger partial charge in [-0.1, -0.05) is 13.8 Å². The van der Waals surface area contributed by atoms with Gasteiger partial charge in [0.25, 0.3) is 5.56 Å². The summed E-state index contributed by atoms with van der Waals surface area (Å²) in [5, 5.41) is 1.54. The van der Waals surface area contributed by atoms with Gasteiger partial charge in [-0.25, -0.2) is 9.97 Å². The minimum absolute atomic E-state index is 0.0335. The Labute approximate surface area is 127 Å². The summed E-state index contributed by atoms with van der Waals surface area (Å²) in [6, 6.07) is 3.81. The van der Waals surface area contributed by atoms with Crippen molar-refractivity contribution in [3.8, 4) is 11.3 Å². The van der Waals surface area contributed by atoms with Gasteiger partial charge in [0.05, 0.1) is 16.8 Å². The molecule has 0 saturated carbocycles. The van der Waals surface area contributed by atoms with E-state index in [1.807, 2.05) is 26.0 Å². The second-order valence-electron chi connectivity index (χ2n) is 5.57. The Morgan fingerprint density at radius 3 is 2.55 bits per heavy atom. The van der Waals surface area contributed by atoms with Crippen LogP contribution in [-0.4, -0.2) is 19.5 Å². The lowest BCUT2D eigenvalue weighted by Gasteiger charge is -2.12. The average molecular weight is 295 g/mol. The van der Waals surface area contributed by atoms with Crippen molar-refractivity contribution in [3.63, 3.8) is 0 Å². The van der Waals surface area contributed by atoms with Crippen molar-refractivity contribution in [2.24, 2.45) is 7.05 Å². The van der Waals surface area contributed by atoms with Crippen LogP contribution in [0, 0.1) is 0 Å². The molecular weight excluding hydrogens is 278 g/mol. The Morgan fingerprint density at radius 1 is 1.23 bits per heavy atom. The summed E-state index contributed by atoms with van der Waals surface area (Å²) in [6.45, 7) is 4.05. The molecule has 6 heteroatoms. The van der Waals surface area contributed by atoms with Gasteiger partial charge in [0.15, 0.2) is 0 Å². The van der Waals surface area contributed by atoms with E-state index in [1.165, 1.54) is 0 Å². The quantitative estimate of drug-likeness (QED) is 0.782. The van der Waals surface area contributed by atoms with Crippen LogP contribution in [0.15, 0.2) is 35.5 Å². The average Bonchev–Trinajstić information content (AvgIpc) is 2.50. The molecular formula is C16H17N5O. The zero-order chi connectivity index (χ0) is 15.9. The van der Waals surface area contributed by atoms with E-state index in [0.29, 0.717) is 5.39 Å². The molecule has 3 rings (SSSR count). The molecule has 0 radical (unpaired) electrons. The van der Waals surface area contributed by atoms with E-state index in [4.69, 9.17) is 5.73 Å². The number of anilines is 1. The van der Waals surface area contributed by atoms with Gasteiger partial charge in [-0.15, -0.1) is 0 Å². The maximum absolute atomic E-state index is 12.4. The Balaban J connectivity index is 2.33. The van der Waals surface area contributed by atoms with E-state index in [-0.39, 0.29) is 17.4 Å². The molecule has 0 atom stereocenters. The number of rotatable bonds is 2. The molecule has 6 nitrogen and oxygen atoms in total. The molecule has 3 aromatic heterocycles. The van der Waals surface area contributed by atoms with E-state index in [1.54, 1.807) is 30.2 Å². The molecule has 0 unspecified atom stereocenters. The topological polar surface area (TPSA) is 86.7 Å². The zero-order valence-corrected chi connectivity index (χ0v) is 12.7. The number of fused-ring (bicyclic) bond motifs is 1. The second-order valence-corrected chi connectivity index (χ2v) is 5.57. The van der Waals surface area contributed by atoms with E-state index >= 15 is 0 Å². The summed E-state index contributed by atoms with van der Waals surface area (Å²) in [6.07, 6.45) is 5.04. The summed E-state index contributed by atoms with van der Waals surface area (Å²) < 4.78 is 1.57. The van der Waals surface area contributed by atoms with E-state index in [2.05, 4.69) is 15.0 Å². The Kier molecular flexibility index (Phi) is 3.36. The number of nitrogens with zero attached hydrogens (tertiary/aromatic N) is 4. The van der Waals surface area contributed by atoms with Gasteiger partial charge < -0.3 is 10.3 Å². The van der Waals surface area contributed by atoms with Crippen molar-refractivity contribution in [1.29, 1.82) is 0 Å². The van der Waals surface area contributed by atoms with Crippen LogP contribution in [0.25, 0.3) is 22.0 Å². The molecule has 0 spiro atoms. The Hall–Kier alpha value is -2.76. The van der Waals surface area contributed by atoms with Crippen LogP contribution < -0.4 is 11.3 Å². The maximum Gasteiger partial charge on any atom is 0.260 e. The fourth-order valence-corrected chi connectivity index (χ4v) is 2.42. The Morgan fingerprint density at radius 2 is 1.91 bits per heavy atom. The van der Waals surface area contributed by atoms with Gasteiger partial charge >= 0.3 is 0 Å². The van der Waals surface area contributed by atoms with Gasteiger partial charge in [-0.2, -0.15) is 0 Å². The zero-order valence-electron chi connectivity index (χ0n) is 12.7. The van der Waals surface area contributed by atoms with Gasteiger partial charge in [-0.05, 0) is 23.4 Å². The number of hydrogen-bond donors (Lipinski definition) is 1. The smallest absolute Gasteiger partial charge is 0.260 e. The van der Waals surface area contributed by atoms with Crippen molar-refractivity contribution in [2.45, 2.75) is 19.8 Å². The van der Waals surface area contributed by atoms with Crippen molar-refractivity contribution in [3.05, 3.63) is 46.8 Å². The normalized spacial score (nSPS) is 11.3. The van der Waals surface area contributed by atoms with Crippen molar-refractivity contribution >= 4 is 16.7 Å². The molecule has 0 amide bonds. The molecule has 0 aliphatic carbocycles. The lowest BCUT2D eigenvalue weighted by Crippen LogP contribution is -2.18. The molecule has 0 bridgehead atoms. The molecule has 112 valence electrons. The molecule has 3 heterocycles. The van der Waals surface area contributed by atoms with E-state index < -0.39 is 0 Å². The molecule has 22 heavy (non-hydrogen) atoms. The van der Waals surface area contributed by atoms with Crippen molar-refractivity contribution < 1.29 is 0 Å². The van der Waals surface area contributed by atoms with Gasteiger partial charge in [0, 0.05) is 31.2 Å². The van der Waals surface area contributed by atoms with Crippen molar-refractivity contribution in [2.75, 3.05) is 5.73 Å². The predicted octanol–water partition coefficient (Wildman–Crippen LogP) is 2.10. The van der Waals surface area contributed by atoms with Crippen LogP contribution in [0.5, 0.6) is 0 Å². The van der Waals surface area contributed by atoms with Crippen LogP contribution in [0.1, 0.15) is 25.5 Å². The fraction of sp³-hybridized carbons (Fsp3) is 0.250. The molecule has 0 saturated heterocycles. The van der Waals surface area contributed by atoms with Crippen LogP contribution in [0.2, 0.25) is 0 Å². The molecule has 2 N–H and O–H groups in total. The minimum Gasteiger partial charge on any atom is -0.368 e. The third-order valence-corrected chi connectivity index (χ3v) is 3.60. The molecule has 0 aliphatic heterocycles. The third-order valence-electron chi connectivity index (χ3n) is 3.60. The highest BCUT2D eigenvalue weighted by Crippen LogP contribution is 2.26. The highest BCUT2D eigenvalue weighted by molar-refractivity contribution is 5.87. The maximum atomic E-state index is 12.4. The number of nitrogen functional groups attached to an aromatic ring is 1. The van der Waals surface area contributed by atoms with E-state index in [0.717, 1.165) is 22.3 Å². The monoisotopic (exact) mass is 295 g/mol. The minimum atomic E-state index is -0.0335. The summed E-state index contributed by atoms with van der Waals surface area (Å²) >= 11 is 0. The summed E-state index contributed by atoms with van der Waals surface area (Å²) in [4.78, 5) is 25.1. The second kappa shape index (κ2) is 5.22. The predicted molar refractivity (Wildman–Crippen MR) is 86.5 cm³/mol. The highest BCUT2D eigenvalue weighted by atomic mass is 16.1. The number of pyridine rings is 2. The van der Waals surface area contributed by atoms with Crippen LogP contribution in [-0.2, 0) is 7.05 Å². The summed E-state index contributed by atoms with van der Waals surface area (Å²) in [5.74, 6) is 0.356. The summed E-state index contributed by atoms with van der Waals surface area (Å²) in [7, 11) is 1.74. The SMILES string of the molecule is CC(C)c1nc(-c2cnc(N)nc2)cc2ccn(C)c(=O)c12. The lowest BCUT2D eigenvalue weighted by molar-refractivity contribution is 0.822. The first-order chi connectivity index (χ1) is 10.5. The molecule has 0 fully saturated rings. The van der Waals surface area contributed by atoms with E-state index in [9.17, 15) is 4.79 Å². The molecule has 0 aromatic carbocycles. The molecule has 3 aromatic rings. The van der Waals surface area contributed by atoms with Gasteiger partial charge in [0.2, 0.25) is 5.95 Å². The van der Waals surface area contributed by atoms with Crippen LogP contribution in [0.4, 0.5) is 5.95 Å². The first-order valence-electron chi connectivity index (χ1n) is 7.05. The first kappa shape index (κ1) is 14.2. The summed E-state index contributed by atoms with van der Waals surface area (Å²) in [5.41, 5.74) is 7.79. The number of aromatic nitrogens is 4. The third kappa shape index (κ3) is 2.32. The van der Waals surface area contributed by atoms with Gasteiger partial charge in [-0.3, -0.25) is 9.78 Å². The lowest BCUT2D eigenvalue weighted by atomic mass is 10.0. The Bertz CT molecular complexity index is 897. The first-order valence-corrected chi connectivity index (χ1v) is 7.05. The highest BCUT2D eigenvalue weighted by Gasteiger charge is 2.14. The largest absolute Gasteiger partial charge is 0.368 e. The fourth-order valence-electron chi connectivity index (χ4n) is 2.42. The van der Waals surface area contributed by atoms with Crippen LogP contribution in [0.3, 0.4) is 0 Å². The van der Waals surface area contributed by atoms with Gasteiger partial charge in [0.1, 0.15) is 0 Å². The number of nitrogens with two attached hydrogens (primary N) is 1.